The van der Waals surface area contributed by atoms with Gasteiger partial charge in [0.1, 0.15) is 6.10 Å². The largest absolute Gasteiger partial charge is 0.370 e. The van der Waals surface area contributed by atoms with Gasteiger partial charge in [0, 0.05) is 39.8 Å². The van der Waals surface area contributed by atoms with Crippen LogP contribution in [-0.2, 0) is 14.3 Å². The quantitative estimate of drug-likeness (QED) is 0.638. The van der Waals surface area contributed by atoms with Gasteiger partial charge in [-0.2, -0.15) is 0 Å². The second kappa shape index (κ2) is 7.42. The summed E-state index contributed by atoms with van der Waals surface area (Å²) in [6.45, 7) is 2.79. The Hall–Kier alpha value is -1.18. The molecule has 1 fully saturated rings. The summed E-state index contributed by atoms with van der Waals surface area (Å²) in [5, 5.41) is 0. The zero-order chi connectivity index (χ0) is 14.4. The van der Waals surface area contributed by atoms with E-state index in [1.54, 1.807) is 9.80 Å². The number of amides is 2. The molecule has 0 radical (unpaired) electrons. The zero-order valence-electron chi connectivity index (χ0n) is 12.0. The molecule has 0 aromatic carbocycles. The monoisotopic (exact) mass is 272 g/mol. The topological polar surface area (TPSA) is 79.1 Å². The van der Waals surface area contributed by atoms with Gasteiger partial charge in [-0.3, -0.25) is 9.59 Å². The van der Waals surface area contributed by atoms with E-state index in [1.807, 2.05) is 19.0 Å². The van der Waals surface area contributed by atoms with E-state index in [-0.39, 0.29) is 18.4 Å². The van der Waals surface area contributed by atoms with E-state index < -0.39 is 6.10 Å². The van der Waals surface area contributed by atoms with E-state index in [4.69, 9.17) is 10.5 Å². The number of likely N-dealkylation sites (N-methyl/N-ethyl adjacent to an activating group) is 1. The van der Waals surface area contributed by atoms with Crippen LogP contribution in [0.2, 0.25) is 0 Å². The Labute approximate surface area is 114 Å². The standard InChI is InChI=1S/C12H24N4O3/c1-14(2)9-11(17)15-4-6-16(7-5-15)12(18)10(8-13)19-3/h10H,4-9,13H2,1-3H3. The van der Waals surface area contributed by atoms with Gasteiger partial charge in [-0.05, 0) is 14.1 Å². The Balaban J connectivity index is 2.44. The minimum atomic E-state index is -0.580. The molecule has 1 aliphatic heterocycles. The number of nitrogens with two attached hydrogens (primary N) is 1. The molecule has 1 atom stereocenters. The molecule has 0 saturated carbocycles. The number of rotatable bonds is 5. The molecule has 2 N–H and O–H groups in total. The summed E-state index contributed by atoms with van der Waals surface area (Å²) in [6.07, 6.45) is -0.580. The van der Waals surface area contributed by atoms with Crippen LogP contribution in [0.1, 0.15) is 0 Å². The lowest BCUT2D eigenvalue weighted by Gasteiger charge is -2.36. The molecule has 7 heteroatoms. The van der Waals surface area contributed by atoms with Crippen LogP contribution in [0.5, 0.6) is 0 Å². The molecule has 0 aromatic rings. The predicted molar refractivity (Wildman–Crippen MR) is 71.6 cm³/mol. The molecular weight excluding hydrogens is 248 g/mol. The van der Waals surface area contributed by atoms with Crippen molar-refractivity contribution in [3.8, 4) is 0 Å². The van der Waals surface area contributed by atoms with Crippen molar-refractivity contribution < 1.29 is 14.3 Å². The minimum Gasteiger partial charge on any atom is -0.370 e. The Morgan fingerprint density at radius 2 is 1.74 bits per heavy atom. The van der Waals surface area contributed by atoms with Crippen molar-refractivity contribution in [2.75, 3.05) is 60.5 Å². The number of hydrogen-bond acceptors (Lipinski definition) is 5. The lowest BCUT2D eigenvalue weighted by Crippen LogP contribution is -2.55. The van der Waals surface area contributed by atoms with Gasteiger partial charge >= 0.3 is 0 Å². The van der Waals surface area contributed by atoms with Crippen LogP contribution in [0.3, 0.4) is 0 Å². The third kappa shape index (κ3) is 4.45. The van der Waals surface area contributed by atoms with E-state index in [2.05, 4.69) is 0 Å². The first-order chi connectivity index (χ1) is 8.99. The zero-order valence-corrected chi connectivity index (χ0v) is 12.0. The fraction of sp³-hybridized carbons (Fsp3) is 0.833. The maximum Gasteiger partial charge on any atom is 0.253 e. The van der Waals surface area contributed by atoms with Gasteiger partial charge in [-0.1, -0.05) is 0 Å². The average molecular weight is 272 g/mol. The molecule has 7 nitrogen and oxygen atoms in total. The number of methoxy groups -OCH3 is 1. The predicted octanol–water partition coefficient (Wildman–Crippen LogP) is -1.81. The summed E-state index contributed by atoms with van der Waals surface area (Å²) in [6, 6.07) is 0. The number of hydrogen-bond donors (Lipinski definition) is 1. The second-order valence-corrected chi connectivity index (χ2v) is 4.90. The van der Waals surface area contributed by atoms with Gasteiger partial charge in [0.2, 0.25) is 5.91 Å². The molecule has 0 aromatic heterocycles. The Morgan fingerprint density at radius 3 is 2.16 bits per heavy atom. The Morgan fingerprint density at radius 1 is 1.21 bits per heavy atom. The van der Waals surface area contributed by atoms with Gasteiger partial charge in [-0.15, -0.1) is 0 Å². The molecule has 1 heterocycles. The van der Waals surface area contributed by atoms with Gasteiger partial charge in [0.05, 0.1) is 6.54 Å². The highest BCUT2D eigenvalue weighted by Crippen LogP contribution is 2.06. The highest BCUT2D eigenvalue weighted by Gasteiger charge is 2.28. The van der Waals surface area contributed by atoms with Gasteiger partial charge in [0.25, 0.3) is 5.91 Å². The average Bonchev–Trinajstić information content (AvgIpc) is 2.39. The molecule has 1 unspecified atom stereocenters. The summed E-state index contributed by atoms with van der Waals surface area (Å²) in [5.74, 6) is 0.00363. The first-order valence-electron chi connectivity index (χ1n) is 6.43. The van der Waals surface area contributed by atoms with E-state index in [0.29, 0.717) is 32.7 Å². The van der Waals surface area contributed by atoms with Crippen molar-refractivity contribution in [2.24, 2.45) is 5.73 Å². The van der Waals surface area contributed by atoms with Gasteiger partial charge < -0.3 is 25.2 Å². The van der Waals surface area contributed by atoms with Crippen LogP contribution < -0.4 is 5.73 Å². The lowest BCUT2D eigenvalue weighted by atomic mass is 10.2. The first-order valence-corrected chi connectivity index (χ1v) is 6.43. The van der Waals surface area contributed by atoms with E-state index in [1.165, 1.54) is 7.11 Å². The Kier molecular flexibility index (Phi) is 6.20. The smallest absolute Gasteiger partial charge is 0.253 e. The molecule has 2 amide bonds. The van der Waals surface area contributed by atoms with Crippen molar-refractivity contribution in [3.05, 3.63) is 0 Å². The number of carbonyl (C=O) groups excluding carboxylic acids is 2. The summed E-state index contributed by atoms with van der Waals surface area (Å²) in [4.78, 5) is 29.2. The molecular formula is C12H24N4O3. The van der Waals surface area contributed by atoms with E-state index in [9.17, 15) is 9.59 Å². The SMILES string of the molecule is COC(CN)C(=O)N1CCN(C(=O)CN(C)C)CC1. The number of piperazine rings is 1. The van der Waals surface area contributed by atoms with Crippen molar-refractivity contribution in [1.82, 2.24) is 14.7 Å². The fourth-order valence-electron chi connectivity index (χ4n) is 2.05. The summed E-state index contributed by atoms with van der Waals surface area (Å²) in [5.41, 5.74) is 5.48. The van der Waals surface area contributed by atoms with Gasteiger partial charge in [0.15, 0.2) is 0 Å². The van der Waals surface area contributed by atoms with Crippen molar-refractivity contribution in [1.29, 1.82) is 0 Å². The van der Waals surface area contributed by atoms with E-state index in [0.717, 1.165) is 0 Å². The molecule has 0 bridgehead atoms. The van der Waals surface area contributed by atoms with Crippen LogP contribution in [0.25, 0.3) is 0 Å². The third-order valence-corrected chi connectivity index (χ3v) is 3.17. The maximum absolute atomic E-state index is 12.0. The Bertz CT molecular complexity index is 310. The lowest BCUT2D eigenvalue weighted by molar-refractivity contribution is -0.146. The molecule has 1 rings (SSSR count). The minimum absolute atomic E-state index is 0.0929. The molecule has 0 aliphatic carbocycles. The summed E-state index contributed by atoms with van der Waals surface area (Å²) < 4.78 is 5.04. The first kappa shape index (κ1) is 15.9. The van der Waals surface area contributed by atoms with Crippen LogP contribution in [-0.4, -0.2) is 93.1 Å². The van der Waals surface area contributed by atoms with Crippen molar-refractivity contribution in [3.63, 3.8) is 0 Å². The second-order valence-electron chi connectivity index (χ2n) is 4.90. The third-order valence-electron chi connectivity index (χ3n) is 3.17. The maximum atomic E-state index is 12.0. The molecule has 19 heavy (non-hydrogen) atoms. The fourth-order valence-corrected chi connectivity index (χ4v) is 2.05. The summed E-state index contributed by atoms with van der Waals surface area (Å²) >= 11 is 0. The van der Waals surface area contributed by atoms with Gasteiger partial charge in [-0.25, -0.2) is 0 Å². The highest BCUT2D eigenvalue weighted by molar-refractivity contribution is 5.82. The highest BCUT2D eigenvalue weighted by atomic mass is 16.5. The van der Waals surface area contributed by atoms with Crippen LogP contribution in [0.4, 0.5) is 0 Å². The molecule has 1 aliphatic rings. The molecule has 110 valence electrons. The van der Waals surface area contributed by atoms with Crippen LogP contribution >= 0.6 is 0 Å². The van der Waals surface area contributed by atoms with Crippen LogP contribution in [0.15, 0.2) is 0 Å². The van der Waals surface area contributed by atoms with Crippen molar-refractivity contribution >= 4 is 11.8 Å². The summed E-state index contributed by atoms with van der Waals surface area (Å²) in [7, 11) is 5.20. The van der Waals surface area contributed by atoms with E-state index >= 15 is 0 Å². The molecule has 0 spiro atoms. The number of carbonyl (C=O) groups is 2. The van der Waals surface area contributed by atoms with Crippen LogP contribution in [0, 0.1) is 0 Å². The number of ether oxygens (including phenoxy) is 1. The van der Waals surface area contributed by atoms with Crippen molar-refractivity contribution in [2.45, 2.75) is 6.10 Å². The number of nitrogens with zero attached hydrogens (tertiary/aromatic N) is 3. The molecule has 1 saturated heterocycles. The normalized spacial score (nSPS) is 17.7.